The van der Waals surface area contributed by atoms with E-state index in [1.54, 1.807) is 19.3 Å². The summed E-state index contributed by atoms with van der Waals surface area (Å²) in [5.41, 5.74) is 0. The molecule has 1 heterocycles. The molecule has 0 spiro atoms. The van der Waals surface area contributed by atoms with Gasteiger partial charge in [0.15, 0.2) is 0 Å². The van der Waals surface area contributed by atoms with E-state index in [2.05, 4.69) is 10.6 Å². The number of amides is 3. The highest BCUT2D eigenvalue weighted by Gasteiger charge is 2.12. The maximum atomic E-state index is 11.6. The standard InChI is InChI=1S/C14H20N2O5/c1-10(9-11-5-4-8-21-11)15-14(20)16-12(17)6-2-3-7-13(18)19/h4-5,8,10H,2-3,6-7,9H2,1H3,(H,18,19)(H2,15,16,17,20). The second kappa shape index (κ2) is 8.78. The second-order valence-corrected chi connectivity index (χ2v) is 4.81. The molecule has 0 saturated carbocycles. The molecule has 3 amide bonds. The number of carboxylic acid groups (broad SMARTS) is 1. The van der Waals surface area contributed by atoms with E-state index in [0.29, 0.717) is 19.3 Å². The minimum atomic E-state index is -0.889. The van der Waals surface area contributed by atoms with Gasteiger partial charge >= 0.3 is 12.0 Å². The predicted molar refractivity (Wildman–Crippen MR) is 74.7 cm³/mol. The number of urea groups is 1. The van der Waals surface area contributed by atoms with Crippen molar-refractivity contribution in [2.75, 3.05) is 0 Å². The third kappa shape index (κ3) is 7.76. The van der Waals surface area contributed by atoms with Gasteiger partial charge < -0.3 is 14.8 Å². The Bertz CT molecular complexity index is 470. The fraction of sp³-hybridized carbons (Fsp3) is 0.500. The number of rotatable bonds is 8. The first-order chi connectivity index (χ1) is 9.97. The van der Waals surface area contributed by atoms with Crippen LogP contribution in [0, 0.1) is 0 Å². The zero-order chi connectivity index (χ0) is 15.7. The molecule has 1 aromatic heterocycles. The van der Waals surface area contributed by atoms with Gasteiger partial charge in [-0.15, -0.1) is 0 Å². The van der Waals surface area contributed by atoms with Gasteiger partial charge in [0.2, 0.25) is 5.91 Å². The Hall–Kier alpha value is -2.31. The molecule has 7 nitrogen and oxygen atoms in total. The van der Waals surface area contributed by atoms with Crippen LogP contribution in [0.4, 0.5) is 4.79 Å². The molecule has 1 atom stereocenters. The first-order valence-corrected chi connectivity index (χ1v) is 6.82. The number of hydrogen-bond acceptors (Lipinski definition) is 4. The summed E-state index contributed by atoms with van der Waals surface area (Å²) < 4.78 is 5.16. The third-order valence-corrected chi connectivity index (χ3v) is 2.76. The molecule has 0 aliphatic carbocycles. The lowest BCUT2D eigenvalue weighted by atomic mass is 10.2. The van der Waals surface area contributed by atoms with E-state index < -0.39 is 17.9 Å². The Balaban J connectivity index is 2.17. The summed E-state index contributed by atoms with van der Waals surface area (Å²) in [6.07, 6.45) is 3.11. The van der Waals surface area contributed by atoms with Crippen LogP contribution in [0.2, 0.25) is 0 Å². The molecule has 1 unspecified atom stereocenters. The molecular formula is C14H20N2O5. The molecule has 0 aliphatic heterocycles. The summed E-state index contributed by atoms with van der Waals surface area (Å²) in [5, 5.41) is 13.3. The van der Waals surface area contributed by atoms with Crippen LogP contribution in [0.3, 0.4) is 0 Å². The van der Waals surface area contributed by atoms with Gasteiger partial charge in [0, 0.05) is 25.3 Å². The molecule has 1 aromatic rings. The van der Waals surface area contributed by atoms with Gasteiger partial charge in [-0.25, -0.2) is 4.79 Å². The van der Waals surface area contributed by atoms with Crippen LogP contribution in [-0.4, -0.2) is 29.1 Å². The fourth-order valence-electron chi connectivity index (χ4n) is 1.79. The van der Waals surface area contributed by atoms with E-state index in [1.807, 2.05) is 6.07 Å². The van der Waals surface area contributed by atoms with E-state index in [4.69, 9.17) is 9.52 Å². The molecule has 0 saturated heterocycles. The van der Waals surface area contributed by atoms with Gasteiger partial charge in [-0.3, -0.25) is 14.9 Å². The molecular weight excluding hydrogens is 276 g/mol. The Morgan fingerprint density at radius 3 is 2.62 bits per heavy atom. The molecule has 0 bridgehead atoms. The van der Waals surface area contributed by atoms with Crippen molar-refractivity contribution >= 4 is 17.9 Å². The number of furan rings is 1. The Morgan fingerprint density at radius 1 is 1.29 bits per heavy atom. The van der Waals surface area contributed by atoms with E-state index in [0.717, 1.165) is 5.76 Å². The first-order valence-electron chi connectivity index (χ1n) is 6.82. The summed E-state index contributed by atoms with van der Waals surface area (Å²) in [6, 6.07) is 2.85. The summed E-state index contributed by atoms with van der Waals surface area (Å²) in [6.45, 7) is 1.80. The van der Waals surface area contributed by atoms with Crippen molar-refractivity contribution in [1.29, 1.82) is 0 Å². The highest BCUT2D eigenvalue weighted by Crippen LogP contribution is 2.03. The van der Waals surface area contributed by atoms with Crippen molar-refractivity contribution in [3.05, 3.63) is 24.2 Å². The lowest BCUT2D eigenvalue weighted by molar-refractivity contribution is -0.137. The topological polar surface area (TPSA) is 109 Å². The lowest BCUT2D eigenvalue weighted by Crippen LogP contribution is -2.44. The van der Waals surface area contributed by atoms with Crippen molar-refractivity contribution < 1.29 is 23.9 Å². The average molecular weight is 296 g/mol. The highest BCUT2D eigenvalue weighted by molar-refractivity contribution is 5.94. The van der Waals surface area contributed by atoms with Gasteiger partial charge in [-0.1, -0.05) is 0 Å². The minimum absolute atomic E-state index is 0.0274. The van der Waals surface area contributed by atoms with Crippen LogP contribution >= 0.6 is 0 Å². The summed E-state index contributed by atoms with van der Waals surface area (Å²) in [7, 11) is 0. The van der Waals surface area contributed by atoms with Crippen LogP contribution in [-0.2, 0) is 16.0 Å². The van der Waals surface area contributed by atoms with Crippen LogP contribution < -0.4 is 10.6 Å². The van der Waals surface area contributed by atoms with Crippen molar-refractivity contribution in [1.82, 2.24) is 10.6 Å². The van der Waals surface area contributed by atoms with Gasteiger partial charge in [-0.2, -0.15) is 0 Å². The molecule has 7 heteroatoms. The van der Waals surface area contributed by atoms with Crippen LogP contribution in [0.25, 0.3) is 0 Å². The number of carbonyl (C=O) groups is 3. The normalized spacial score (nSPS) is 11.7. The zero-order valence-corrected chi connectivity index (χ0v) is 11.9. The molecule has 0 radical (unpaired) electrons. The van der Waals surface area contributed by atoms with Crippen LogP contribution in [0.5, 0.6) is 0 Å². The van der Waals surface area contributed by atoms with Gasteiger partial charge in [0.1, 0.15) is 5.76 Å². The molecule has 1 rings (SSSR count). The molecule has 21 heavy (non-hydrogen) atoms. The maximum absolute atomic E-state index is 11.6. The Labute approximate surface area is 122 Å². The molecule has 0 aromatic carbocycles. The van der Waals surface area contributed by atoms with Crippen molar-refractivity contribution in [3.63, 3.8) is 0 Å². The molecule has 0 aliphatic rings. The number of nitrogens with one attached hydrogen (secondary N) is 2. The largest absolute Gasteiger partial charge is 0.481 e. The van der Waals surface area contributed by atoms with Gasteiger partial charge in [0.25, 0.3) is 0 Å². The van der Waals surface area contributed by atoms with Gasteiger partial charge in [0.05, 0.1) is 6.26 Å². The highest BCUT2D eigenvalue weighted by atomic mass is 16.4. The number of unbranched alkanes of at least 4 members (excludes halogenated alkanes) is 1. The minimum Gasteiger partial charge on any atom is -0.481 e. The average Bonchev–Trinajstić information content (AvgIpc) is 2.86. The smallest absolute Gasteiger partial charge is 0.321 e. The quantitative estimate of drug-likeness (QED) is 0.632. The fourth-order valence-corrected chi connectivity index (χ4v) is 1.79. The van der Waals surface area contributed by atoms with E-state index in [9.17, 15) is 14.4 Å². The maximum Gasteiger partial charge on any atom is 0.321 e. The second-order valence-electron chi connectivity index (χ2n) is 4.81. The number of carbonyl (C=O) groups excluding carboxylic acids is 2. The van der Waals surface area contributed by atoms with E-state index >= 15 is 0 Å². The SMILES string of the molecule is CC(Cc1ccco1)NC(=O)NC(=O)CCCCC(=O)O. The monoisotopic (exact) mass is 296 g/mol. The van der Waals surface area contributed by atoms with Crippen molar-refractivity contribution in [3.8, 4) is 0 Å². The van der Waals surface area contributed by atoms with Crippen molar-refractivity contribution in [2.45, 2.75) is 45.1 Å². The summed E-state index contributed by atoms with van der Waals surface area (Å²) >= 11 is 0. The Kier molecular flexibility index (Phi) is 7.00. The van der Waals surface area contributed by atoms with Crippen molar-refractivity contribution in [2.24, 2.45) is 0 Å². The Morgan fingerprint density at radius 2 is 2.00 bits per heavy atom. The number of imide groups is 1. The third-order valence-electron chi connectivity index (χ3n) is 2.76. The van der Waals surface area contributed by atoms with Gasteiger partial charge in [-0.05, 0) is 31.9 Å². The van der Waals surface area contributed by atoms with Crippen LogP contribution in [0.1, 0.15) is 38.4 Å². The lowest BCUT2D eigenvalue weighted by Gasteiger charge is -2.12. The van der Waals surface area contributed by atoms with E-state index in [-0.39, 0.29) is 18.9 Å². The molecule has 3 N–H and O–H groups in total. The number of aliphatic carboxylic acids is 1. The zero-order valence-electron chi connectivity index (χ0n) is 11.9. The number of carboxylic acids is 1. The molecule has 116 valence electrons. The van der Waals surface area contributed by atoms with E-state index in [1.165, 1.54) is 0 Å². The number of hydrogen-bond donors (Lipinski definition) is 3. The molecule has 0 fully saturated rings. The summed E-state index contributed by atoms with van der Waals surface area (Å²) in [4.78, 5) is 33.3. The summed E-state index contributed by atoms with van der Waals surface area (Å²) in [5.74, 6) is -0.550. The predicted octanol–water partition coefficient (Wildman–Crippen LogP) is 1.68. The first kappa shape index (κ1) is 16.7. The van der Waals surface area contributed by atoms with Crippen LogP contribution in [0.15, 0.2) is 22.8 Å².